The van der Waals surface area contributed by atoms with Gasteiger partial charge in [0.1, 0.15) is 11.6 Å². The van der Waals surface area contributed by atoms with Gasteiger partial charge in [-0.15, -0.1) is 11.8 Å². The van der Waals surface area contributed by atoms with Gasteiger partial charge in [-0.25, -0.2) is 8.78 Å². The summed E-state index contributed by atoms with van der Waals surface area (Å²) in [7, 11) is 0. The molecule has 0 fully saturated rings. The summed E-state index contributed by atoms with van der Waals surface area (Å²) >= 11 is 1.17. The maximum Gasteiger partial charge on any atom is 0.240 e. The molecule has 0 radical (unpaired) electrons. The summed E-state index contributed by atoms with van der Waals surface area (Å²) < 4.78 is 36.8. The van der Waals surface area contributed by atoms with Gasteiger partial charge in [0.05, 0.1) is 11.5 Å². The van der Waals surface area contributed by atoms with E-state index in [9.17, 15) is 8.78 Å². The van der Waals surface area contributed by atoms with E-state index in [1.807, 2.05) is 0 Å². The van der Waals surface area contributed by atoms with Crippen molar-refractivity contribution in [3.63, 3.8) is 0 Å². The van der Waals surface area contributed by atoms with Gasteiger partial charge in [-0.2, -0.15) is 4.98 Å². The van der Waals surface area contributed by atoms with Gasteiger partial charge >= 0.3 is 0 Å². The lowest BCUT2D eigenvalue weighted by atomic mass is 10.3. The van der Waals surface area contributed by atoms with Crippen molar-refractivity contribution in [3.05, 3.63) is 54.1 Å². The maximum absolute atomic E-state index is 13.6. The molecular weight excluding hydrogens is 298 g/mol. The Bertz CT molecular complexity index is 743. The standard InChI is InChI=1S/C14H10F2N2O2S/c1-8(21-12-5-4-9(15)7-10(12)16)14-17-13(18-20-14)11-3-2-6-19-11/h2-8H,1H3. The topological polar surface area (TPSA) is 52.1 Å². The molecule has 4 nitrogen and oxygen atoms in total. The molecule has 108 valence electrons. The summed E-state index contributed by atoms with van der Waals surface area (Å²) in [5, 5.41) is 3.53. The molecular formula is C14H10F2N2O2S. The van der Waals surface area contributed by atoms with E-state index >= 15 is 0 Å². The largest absolute Gasteiger partial charge is 0.461 e. The molecule has 0 saturated heterocycles. The quantitative estimate of drug-likeness (QED) is 0.666. The van der Waals surface area contributed by atoms with Gasteiger partial charge in [0, 0.05) is 11.0 Å². The second-order valence-corrected chi connectivity index (χ2v) is 5.65. The highest BCUT2D eigenvalue weighted by Crippen LogP contribution is 2.36. The average Bonchev–Trinajstić information content (AvgIpc) is 3.10. The van der Waals surface area contributed by atoms with Crippen molar-refractivity contribution in [2.75, 3.05) is 0 Å². The van der Waals surface area contributed by atoms with Crippen molar-refractivity contribution in [1.29, 1.82) is 0 Å². The minimum Gasteiger partial charge on any atom is -0.461 e. The molecule has 0 aliphatic carbocycles. The molecule has 3 aromatic rings. The Morgan fingerprint density at radius 2 is 2.10 bits per heavy atom. The highest BCUT2D eigenvalue weighted by Gasteiger charge is 2.19. The second kappa shape index (κ2) is 5.69. The third-order valence-corrected chi connectivity index (χ3v) is 3.87. The van der Waals surface area contributed by atoms with Gasteiger partial charge in [0.2, 0.25) is 11.7 Å². The van der Waals surface area contributed by atoms with Crippen molar-refractivity contribution in [1.82, 2.24) is 10.1 Å². The molecule has 0 bridgehead atoms. The van der Waals surface area contributed by atoms with E-state index < -0.39 is 11.6 Å². The van der Waals surface area contributed by atoms with Crippen LogP contribution in [0.2, 0.25) is 0 Å². The molecule has 0 amide bonds. The fraction of sp³-hybridized carbons (Fsp3) is 0.143. The Kier molecular flexibility index (Phi) is 3.74. The first kappa shape index (κ1) is 13.8. The molecule has 0 N–H and O–H groups in total. The van der Waals surface area contributed by atoms with Crippen LogP contribution in [0.25, 0.3) is 11.6 Å². The van der Waals surface area contributed by atoms with E-state index in [4.69, 9.17) is 8.94 Å². The number of nitrogens with zero attached hydrogens (tertiary/aromatic N) is 2. The lowest BCUT2D eigenvalue weighted by molar-refractivity contribution is 0.379. The Labute approximate surface area is 123 Å². The van der Waals surface area contributed by atoms with Crippen LogP contribution in [0.5, 0.6) is 0 Å². The molecule has 1 unspecified atom stereocenters. The first-order valence-electron chi connectivity index (χ1n) is 6.12. The first-order valence-corrected chi connectivity index (χ1v) is 7.00. The summed E-state index contributed by atoms with van der Waals surface area (Å²) in [5.74, 6) is -0.0488. The zero-order valence-electron chi connectivity index (χ0n) is 10.9. The molecule has 2 aromatic heterocycles. The van der Waals surface area contributed by atoms with E-state index in [1.165, 1.54) is 30.2 Å². The number of aromatic nitrogens is 2. The van der Waals surface area contributed by atoms with Crippen molar-refractivity contribution in [2.45, 2.75) is 17.1 Å². The maximum atomic E-state index is 13.6. The van der Waals surface area contributed by atoms with Crippen LogP contribution in [-0.4, -0.2) is 10.1 Å². The van der Waals surface area contributed by atoms with Crippen molar-refractivity contribution >= 4 is 11.8 Å². The summed E-state index contributed by atoms with van der Waals surface area (Å²) in [6.45, 7) is 1.80. The normalized spacial score (nSPS) is 12.5. The highest BCUT2D eigenvalue weighted by molar-refractivity contribution is 7.99. The smallest absolute Gasteiger partial charge is 0.240 e. The van der Waals surface area contributed by atoms with Gasteiger partial charge in [-0.05, 0) is 31.2 Å². The number of furan rings is 1. The second-order valence-electron chi connectivity index (χ2n) is 4.27. The van der Waals surface area contributed by atoms with E-state index in [1.54, 1.807) is 19.1 Å². The number of hydrogen-bond donors (Lipinski definition) is 0. The number of hydrogen-bond acceptors (Lipinski definition) is 5. The molecule has 1 aromatic carbocycles. The minimum absolute atomic E-state index is 0.277. The Morgan fingerprint density at radius 3 is 2.81 bits per heavy atom. The van der Waals surface area contributed by atoms with Crippen LogP contribution in [0.4, 0.5) is 8.78 Å². The van der Waals surface area contributed by atoms with Crippen LogP contribution in [0.3, 0.4) is 0 Å². The molecule has 0 saturated carbocycles. The highest BCUT2D eigenvalue weighted by atomic mass is 32.2. The van der Waals surface area contributed by atoms with E-state index in [-0.39, 0.29) is 5.25 Å². The third kappa shape index (κ3) is 2.97. The predicted octanol–water partition coefficient (Wildman–Crippen LogP) is 4.46. The zero-order valence-corrected chi connectivity index (χ0v) is 11.7. The van der Waals surface area contributed by atoms with Gasteiger partial charge in [-0.3, -0.25) is 0 Å². The van der Waals surface area contributed by atoms with Crippen LogP contribution < -0.4 is 0 Å². The van der Waals surface area contributed by atoms with Gasteiger partial charge in [0.15, 0.2) is 5.76 Å². The van der Waals surface area contributed by atoms with Crippen molar-refractivity contribution in [3.8, 4) is 11.6 Å². The number of rotatable bonds is 4. The van der Waals surface area contributed by atoms with Crippen LogP contribution in [0.1, 0.15) is 18.1 Å². The van der Waals surface area contributed by atoms with Gasteiger partial charge in [0.25, 0.3) is 0 Å². The molecule has 0 aliphatic heterocycles. The summed E-state index contributed by atoms with van der Waals surface area (Å²) in [5.41, 5.74) is 0. The predicted molar refractivity (Wildman–Crippen MR) is 72.6 cm³/mol. The lowest BCUT2D eigenvalue weighted by Crippen LogP contribution is -1.91. The fourth-order valence-electron chi connectivity index (χ4n) is 1.72. The van der Waals surface area contributed by atoms with Gasteiger partial charge < -0.3 is 8.94 Å². The Morgan fingerprint density at radius 1 is 1.24 bits per heavy atom. The molecule has 3 rings (SSSR count). The SMILES string of the molecule is CC(Sc1ccc(F)cc1F)c1nc(-c2ccco2)no1. The van der Waals surface area contributed by atoms with Crippen LogP contribution in [-0.2, 0) is 0 Å². The molecule has 0 spiro atoms. The van der Waals surface area contributed by atoms with Crippen molar-refractivity contribution < 1.29 is 17.7 Å². The number of halogens is 2. The minimum atomic E-state index is -0.613. The van der Waals surface area contributed by atoms with Crippen molar-refractivity contribution in [2.24, 2.45) is 0 Å². The zero-order chi connectivity index (χ0) is 14.8. The Hall–Kier alpha value is -2.15. The first-order chi connectivity index (χ1) is 10.1. The number of benzene rings is 1. The van der Waals surface area contributed by atoms with Crippen LogP contribution >= 0.6 is 11.8 Å². The molecule has 21 heavy (non-hydrogen) atoms. The lowest BCUT2D eigenvalue weighted by Gasteiger charge is -2.07. The van der Waals surface area contributed by atoms with Gasteiger partial charge in [-0.1, -0.05) is 5.16 Å². The molecule has 0 aliphatic rings. The average molecular weight is 308 g/mol. The third-order valence-electron chi connectivity index (χ3n) is 2.73. The van der Waals surface area contributed by atoms with E-state index in [0.717, 1.165) is 6.07 Å². The Balaban J connectivity index is 1.78. The summed E-state index contributed by atoms with van der Waals surface area (Å²) in [6.07, 6.45) is 1.51. The fourth-order valence-corrected chi connectivity index (χ4v) is 2.61. The van der Waals surface area contributed by atoms with E-state index in [0.29, 0.717) is 22.4 Å². The van der Waals surface area contributed by atoms with E-state index in [2.05, 4.69) is 10.1 Å². The molecule has 2 heterocycles. The molecule has 7 heteroatoms. The summed E-state index contributed by atoms with van der Waals surface area (Å²) in [4.78, 5) is 4.53. The monoisotopic (exact) mass is 308 g/mol. The van der Waals surface area contributed by atoms with Crippen LogP contribution in [0.15, 0.2) is 50.4 Å². The summed E-state index contributed by atoms with van der Waals surface area (Å²) in [6, 6.07) is 6.87. The molecule has 1 atom stereocenters. The number of thioether (sulfide) groups is 1. The van der Waals surface area contributed by atoms with Crippen LogP contribution in [0, 0.1) is 11.6 Å².